The van der Waals surface area contributed by atoms with Crippen molar-refractivity contribution in [3.8, 4) is 0 Å². The first-order valence-electron chi connectivity index (χ1n) is 6.85. The first-order valence-corrected chi connectivity index (χ1v) is 7.23. The van der Waals surface area contributed by atoms with Crippen LogP contribution in [-0.2, 0) is 17.8 Å². The zero-order valence-corrected chi connectivity index (χ0v) is 12.8. The molecule has 0 bridgehead atoms. The highest BCUT2D eigenvalue weighted by Gasteiger charge is 2.18. The van der Waals surface area contributed by atoms with Crippen LogP contribution in [0.25, 0.3) is 0 Å². The van der Waals surface area contributed by atoms with Gasteiger partial charge in [-0.15, -0.1) is 0 Å². The van der Waals surface area contributed by atoms with E-state index in [0.717, 1.165) is 11.1 Å². The topological polar surface area (TPSA) is 46.3 Å². The zero-order valence-electron chi connectivity index (χ0n) is 12.0. The average Bonchev–Trinajstić information content (AvgIpc) is 2.47. The van der Waals surface area contributed by atoms with E-state index in [9.17, 15) is 4.79 Å². The Morgan fingerprint density at radius 1 is 1.14 bits per heavy atom. The van der Waals surface area contributed by atoms with Crippen LogP contribution in [0.5, 0.6) is 0 Å². The zero-order chi connectivity index (χ0) is 15.2. The monoisotopic (exact) mass is 302 g/mol. The minimum Gasteiger partial charge on any atom is -0.340 e. The second-order valence-corrected chi connectivity index (χ2v) is 5.56. The molecule has 2 aromatic carbocycles. The molecule has 3 nitrogen and oxygen atoms in total. The lowest BCUT2D eigenvalue weighted by Gasteiger charge is -2.21. The molecular formula is C17H19ClN2O. The van der Waals surface area contributed by atoms with E-state index in [1.807, 2.05) is 54.6 Å². The Kier molecular flexibility index (Phi) is 5.37. The van der Waals surface area contributed by atoms with E-state index in [1.165, 1.54) is 0 Å². The highest BCUT2D eigenvalue weighted by atomic mass is 35.5. The van der Waals surface area contributed by atoms with Crippen LogP contribution in [-0.4, -0.2) is 23.9 Å². The summed E-state index contributed by atoms with van der Waals surface area (Å²) < 4.78 is 0. The Balaban J connectivity index is 1.95. The number of halogens is 1. The summed E-state index contributed by atoms with van der Waals surface area (Å²) in [5.41, 5.74) is 8.07. The molecule has 0 aromatic heterocycles. The van der Waals surface area contributed by atoms with Crippen molar-refractivity contribution in [2.75, 3.05) is 7.05 Å². The lowest BCUT2D eigenvalue weighted by molar-refractivity contribution is -0.131. The summed E-state index contributed by atoms with van der Waals surface area (Å²) in [4.78, 5) is 13.9. The van der Waals surface area contributed by atoms with Gasteiger partial charge in [0.15, 0.2) is 0 Å². The summed E-state index contributed by atoms with van der Waals surface area (Å²) >= 11 is 5.95. The molecule has 2 aromatic rings. The Bertz CT molecular complexity index is 601. The second kappa shape index (κ2) is 7.25. The van der Waals surface area contributed by atoms with Crippen LogP contribution >= 0.6 is 11.6 Å². The molecule has 0 saturated carbocycles. The van der Waals surface area contributed by atoms with Gasteiger partial charge in [-0.1, -0.05) is 54.1 Å². The standard InChI is InChI=1S/C17H19ClN2O/c1-20(12-14-8-5-9-15(18)10-14)17(21)16(19)11-13-6-3-2-4-7-13/h2-10,16H,11-12,19H2,1H3/t16-/m1/s1. The number of carbonyl (C=O) groups excluding carboxylic acids is 1. The van der Waals surface area contributed by atoms with Gasteiger partial charge in [0.25, 0.3) is 0 Å². The molecular weight excluding hydrogens is 284 g/mol. The smallest absolute Gasteiger partial charge is 0.239 e. The molecule has 2 N–H and O–H groups in total. The van der Waals surface area contributed by atoms with Crippen LogP contribution in [0.4, 0.5) is 0 Å². The lowest BCUT2D eigenvalue weighted by atomic mass is 10.1. The van der Waals surface area contributed by atoms with Crippen molar-refractivity contribution in [1.82, 2.24) is 4.90 Å². The van der Waals surface area contributed by atoms with E-state index in [0.29, 0.717) is 18.0 Å². The van der Waals surface area contributed by atoms with E-state index in [-0.39, 0.29) is 5.91 Å². The molecule has 1 amide bonds. The van der Waals surface area contributed by atoms with Crippen LogP contribution in [0.2, 0.25) is 5.02 Å². The van der Waals surface area contributed by atoms with Gasteiger partial charge in [-0.05, 0) is 29.7 Å². The van der Waals surface area contributed by atoms with E-state index in [4.69, 9.17) is 17.3 Å². The maximum absolute atomic E-state index is 12.3. The predicted octanol–water partition coefficient (Wildman–Crippen LogP) is 2.87. The average molecular weight is 303 g/mol. The Morgan fingerprint density at radius 2 is 1.81 bits per heavy atom. The van der Waals surface area contributed by atoms with Crippen molar-refractivity contribution < 1.29 is 4.79 Å². The van der Waals surface area contributed by atoms with Crippen LogP contribution in [0.1, 0.15) is 11.1 Å². The number of benzene rings is 2. The van der Waals surface area contributed by atoms with Crippen molar-refractivity contribution in [2.45, 2.75) is 19.0 Å². The van der Waals surface area contributed by atoms with Crippen LogP contribution in [0.3, 0.4) is 0 Å². The van der Waals surface area contributed by atoms with Crippen LogP contribution < -0.4 is 5.73 Å². The first-order chi connectivity index (χ1) is 10.1. The number of nitrogens with zero attached hydrogens (tertiary/aromatic N) is 1. The summed E-state index contributed by atoms with van der Waals surface area (Å²) in [7, 11) is 1.76. The molecule has 4 heteroatoms. The third-order valence-corrected chi connectivity index (χ3v) is 3.54. The third kappa shape index (κ3) is 4.59. The van der Waals surface area contributed by atoms with Crippen molar-refractivity contribution >= 4 is 17.5 Å². The second-order valence-electron chi connectivity index (χ2n) is 5.12. The molecule has 0 radical (unpaired) electrons. The van der Waals surface area contributed by atoms with Gasteiger partial charge in [-0.2, -0.15) is 0 Å². The number of hydrogen-bond donors (Lipinski definition) is 1. The largest absolute Gasteiger partial charge is 0.340 e. The predicted molar refractivity (Wildman–Crippen MR) is 86.0 cm³/mol. The van der Waals surface area contributed by atoms with Gasteiger partial charge in [0.1, 0.15) is 0 Å². The van der Waals surface area contributed by atoms with Gasteiger partial charge in [-0.3, -0.25) is 4.79 Å². The Morgan fingerprint density at radius 3 is 2.48 bits per heavy atom. The molecule has 0 heterocycles. The van der Waals surface area contributed by atoms with Crippen LogP contribution in [0, 0.1) is 0 Å². The van der Waals surface area contributed by atoms with Gasteiger partial charge in [0, 0.05) is 18.6 Å². The molecule has 0 aliphatic rings. The summed E-state index contributed by atoms with van der Waals surface area (Å²) in [6.07, 6.45) is 0.541. The quantitative estimate of drug-likeness (QED) is 0.923. The van der Waals surface area contributed by atoms with Crippen LogP contribution in [0.15, 0.2) is 54.6 Å². The normalized spacial score (nSPS) is 12.0. The van der Waals surface area contributed by atoms with Crippen molar-refractivity contribution in [3.63, 3.8) is 0 Å². The molecule has 0 saturated heterocycles. The van der Waals surface area contributed by atoms with E-state index < -0.39 is 6.04 Å². The lowest BCUT2D eigenvalue weighted by Crippen LogP contribution is -2.42. The molecule has 0 spiro atoms. The van der Waals surface area contributed by atoms with E-state index in [1.54, 1.807) is 11.9 Å². The molecule has 21 heavy (non-hydrogen) atoms. The van der Waals surface area contributed by atoms with Crippen molar-refractivity contribution in [2.24, 2.45) is 5.73 Å². The molecule has 0 fully saturated rings. The SMILES string of the molecule is CN(Cc1cccc(Cl)c1)C(=O)[C@H](N)Cc1ccccc1. The van der Waals surface area contributed by atoms with Gasteiger partial charge >= 0.3 is 0 Å². The number of amides is 1. The third-order valence-electron chi connectivity index (χ3n) is 3.30. The maximum Gasteiger partial charge on any atom is 0.239 e. The fourth-order valence-corrected chi connectivity index (χ4v) is 2.44. The Labute approximate surface area is 130 Å². The number of likely N-dealkylation sites (N-methyl/N-ethyl adjacent to an activating group) is 1. The fourth-order valence-electron chi connectivity index (χ4n) is 2.23. The number of hydrogen-bond acceptors (Lipinski definition) is 2. The molecule has 110 valence electrons. The van der Waals surface area contributed by atoms with E-state index >= 15 is 0 Å². The number of rotatable bonds is 5. The fraction of sp³-hybridized carbons (Fsp3) is 0.235. The number of carbonyl (C=O) groups is 1. The minimum atomic E-state index is -0.531. The summed E-state index contributed by atoms with van der Waals surface area (Å²) in [5, 5.41) is 0.668. The van der Waals surface area contributed by atoms with Crippen molar-refractivity contribution in [3.05, 3.63) is 70.7 Å². The molecule has 0 aliphatic carbocycles. The molecule has 0 unspecified atom stereocenters. The number of nitrogens with two attached hydrogens (primary N) is 1. The summed E-state index contributed by atoms with van der Waals surface area (Å²) in [5.74, 6) is -0.0705. The molecule has 0 aliphatic heterocycles. The summed E-state index contributed by atoms with van der Waals surface area (Å²) in [6, 6.07) is 16.7. The minimum absolute atomic E-state index is 0.0705. The van der Waals surface area contributed by atoms with Gasteiger partial charge < -0.3 is 10.6 Å². The molecule has 1 atom stereocenters. The Hall–Kier alpha value is -1.84. The van der Waals surface area contributed by atoms with Gasteiger partial charge in [0.05, 0.1) is 6.04 Å². The maximum atomic E-state index is 12.3. The van der Waals surface area contributed by atoms with Gasteiger partial charge in [0.2, 0.25) is 5.91 Å². The highest BCUT2D eigenvalue weighted by molar-refractivity contribution is 6.30. The highest BCUT2D eigenvalue weighted by Crippen LogP contribution is 2.13. The van der Waals surface area contributed by atoms with Crippen molar-refractivity contribution in [1.29, 1.82) is 0 Å². The first kappa shape index (κ1) is 15.5. The molecule has 2 rings (SSSR count). The van der Waals surface area contributed by atoms with E-state index in [2.05, 4.69) is 0 Å². The van der Waals surface area contributed by atoms with Gasteiger partial charge in [-0.25, -0.2) is 0 Å². The summed E-state index contributed by atoms with van der Waals surface area (Å²) in [6.45, 7) is 0.502.